The molecule has 92 valence electrons. The van der Waals surface area contributed by atoms with Gasteiger partial charge in [-0.05, 0) is 24.6 Å². The third kappa shape index (κ3) is 2.02. The van der Waals surface area contributed by atoms with E-state index >= 15 is 0 Å². The lowest BCUT2D eigenvalue weighted by Gasteiger charge is -2.12. The predicted molar refractivity (Wildman–Crippen MR) is 65.7 cm³/mol. The maximum Gasteiger partial charge on any atom is 0.340 e. The molecule has 0 radical (unpaired) electrons. The highest BCUT2D eigenvalue weighted by atomic mass is 16.5. The fourth-order valence-corrected chi connectivity index (χ4v) is 1.79. The van der Waals surface area contributed by atoms with E-state index in [9.17, 15) is 9.90 Å². The van der Waals surface area contributed by atoms with Gasteiger partial charge in [-0.25, -0.2) is 14.8 Å². The number of aromatic nitrogens is 2. The standard InChI is InChI=1S/C13H12N2O3/c1-8-4-5-9(12-14-6-3-7-15-12)10(13(16)17)11(8)18-2/h3-7H,1-2H3,(H,16,17). The smallest absolute Gasteiger partial charge is 0.340 e. The van der Waals surface area contributed by atoms with E-state index in [4.69, 9.17) is 4.74 Å². The average Bonchev–Trinajstić information content (AvgIpc) is 2.39. The number of hydrogen-bond donors (Lipinski definition) is 1. The van der Waals surface area contributed by atoms with Crippen LogP contribution >= 0.6 is 0 Å². The van der Waals surface area contributed by atoms with Gasteiger partial charge in [0.15, 0.2) is 5.82 Å². The second-order valence-electron chi connectivity index (χ2n) is 3.72. The van der Waals surface area contributed by atoms with Gasteiger partial charge in [-0.15, -0.1) is 0 Å². The Kier molecular flexibility index (Phi) is 3.23. The molecule has 0 amide bonds. The number of rotatable bonds is 3. The molecule has 1 N–H and O–H groups in total. The number of carboxylic acid groups (broad SMARTS) is 1. The van der Waals surface area contributed by atoms with Gasteiger partial charge in [-0.1, -0.05) is 6.07 Å². The van der Waals surface area contributed by atoms with E-state index < -0.39 is 5.97 Å². The molecule has 1 heterocycles. The minimum absolute atomic E-state index is 0.0868. The van der Waals surface area contributed by atoms with Gasteiger partial charge in [0.2, 0.25) is 0 Å². The number of methoxy groups -OCH3 is 1. The Morgan fingerprint density at radius 2 is 1.94 bits per heavy atom. The Hall–Kier alpha value is -2.43. The molecule has 1 aromatic carbocycles. The summed E-state index contributed by atoms with van der Waals surface area (Å²) >= 11 is 0. The summed E-state index contributed by atoms with van der Waals surface area (Å²) in [6.07, 6.45) is 3.14. The lowest BCUT2D eigenvalue weighted by molar-refractivity contribution is 0.0694. The molecule has 5 nitrogen and oxygen atoms in total. The van der Waals surface area contributed by atoms with Crippen molar-refractivity contribution in [1.82, 2.24) is 9.97 Å². The molecule has 18 heavy (non-hydrogen) atoms. The molecule has 5 heteroatoms. The van der Waals surface area contributed by atoms with Crippen LogP contribution in [0.15, 0.2) is 30.6 Å². The zero-order valence-corrected chi connectivity index (χ0v) is 10.0. The summed E-state index contributed by atoms with van der Waals surface area (Å²) in [6, 6.07) is 5.16. The number of carboxylic acids is 1. The van der Waals surface area contributed by atoms with E-state index in [1.54, 1.807) is 37.5 Å². The molecule has 2 aromatic rings. The first-order chi connectivity index (χ1) is 8.65. The monoisotopic (exact) mass is 244 g/mol. The topological polar surface area (TPSA) is 72.3 Å². The van der Waals surface area contributed by atoms with Gasteiger partial charge in [-0.2, -0.15) is 0 Å². The second-order valence-corrected chi connectivity index (χ2v) is 3.72. The van der Waals surface area contributed by atoms with Crippen molar-refractivity contribution in [2.75, 3.05) is 7.11 Å². The Labute approximate surface area is 104 Å². The average molecular weight is 244 g/mol. The Morgan fingerprint density at radius 1 is 1.28 bits per heavy atom. The quantitative estimate of drug-likeness (QED) is 0.895. The first-order valence-electron chi connectivity index (χ1n) is 5.33. The molecule has 2 rings (SSSR count). The number of benzene rings is 1. The number of aryl methyl sites for hydroxylation is 1. The fourth-order valence-electron chi connectivity index (χ4n) is 1.79. The van der Waals surface area contributed by atoms with Crippen molar-refractivity contribution in [3.63, 3.8) is 0 Å². The Balaban J connectivity index is 2.72. The Morgan fingerprint density at radius 3 is 2.50 bits per heavy atom. The van der Waals surface area contributed by atoms with Crippen LogP contribution in [-0.2, 0) is 0 Å². The minimum Gasteiger partial charge on any atom is -0.496 e. The normalized spacial score (nSPS) is 10.1. The van der Waals surface area contributed by atoms with E-state index in [-0.39, 0.29) is 5.56 Å². The molecule has 0 saturated heterocycles. The van der Waals surface area contributed by atoms with Crippen LogP contribution in [0, 0.1) is 6.92 Å². The number of hydrogen-bond acceptors (Lipinski definition) is 4. The lowest BCUT2D eigenvalue weighted by atomic mass is 10.0. The van der Waals surface area contributed by atoms with Crippen LogP contribution in [-0.4, -0.2) is 28.2 Å². The molecule has 0 atom stereocenters. The van der Waals surface area contributed by atoms with Crippen molar-refractivity contribution in [2.24, 2.45) is 0 Å². The number of nitrogens with zero attached hydrogens (tertiary/aromatic N) is 2. The summed E-state index contributed by atoms with van der Waals surface area (Å²) < 4.78 is 5.16. The molecule has 0 aliphatic carbocycles. The molecule has 0 unspecified atom stereocenters. The van der Waals surface area contributed by atoms with Crippen molar-refractivity contribution in [3.05, 3.63) is 41.7 Å². The molecule has 0 saturated carbocycles. The van der Waals surface area contributed by atoms with Gasteiger partial charge >= 0.3 is 5.97 Å². The molecule has 0 aliphatic rings. The summed E-state index contributed by atoms with van der Waals surface area (Å²) in [4.78, 5) is 19.5. The molecule has 0 aliphatic heterocycles. The number of ether oxygens (including phenoxy) is 1. The van der Waals surface area contributed by atoms with Gasteiger partial charge in [-0.3, -0.25) is 0 Å². The molecule has 0 bridgehead atoms. The van der Waals surface area contributed by atoms with Crippen LogP contribution < -0.4 is 4.74 Å². The first-order valence-corrected chi connectivity index (χ1v) is 5.33. The van der Waals surface area contributed by atoms with Gasteiger partial charge in [0.1, 0.15) is 11.3 Å². The predicted octanol–water partition coefficient (Wildman–Crippen LogP) is 2.16. The van der Waals surface area contributed by atoms with Crippen molar-refractivity contribution in [1.29, 1.82) is 0 Å². The SMILES string of the molecule is COc1c(C)ccc(-c2ncccn2)c1C(=O)O. The maximum atomic E-state index is 11.4. The summed E-state index contributed by atoms with van der Waals surface area (Å²) in [5, 5.41) is 9.33. The molecule has 1 aromatic heterocycles. The first kappa shape index (κ1) is 12.0. The molecule has 0 fully saturated rings. The van der Waals surface area contributed by atoms with Crippen molar-refractivity contribution in [2.45, 2.75) is 6.92 Å². The number of carbonyl (C=O) groups is 1. The highest BCUT2D eigenvalue weighted by molar-refractivity contribution is 5.98. The Bertz CT molecular complexity index is 582. The van der Waals surface area contributed by atoms with E-state index in [0.717, 1.165) is 5.56 Å². The van der Waals surface area contributed by atoms with Crippen LogP contribution in [0.2, 0.25) is 0 Å². The van der Waals surface area contributed by atoms with Crippen LogP contribution in [0.4, 0.5) is 0 Å². The number of aromatic carboxylic acids is 1. The molecular weight excluding hydrogens is 232 g/mol. The minimum atomic E-state index is -1.06. The van der Waals surface area contributed by atoms with E-state index in [2.05, 4.69) is 9.97 Å². The molecule has 0 spiro atoms. The van der Waals surface area contributed by atoms with Crippen molar-refractivity contribution < 1.29 is 14.6 Å². The van der Waals surface area contributed by atoms with Crippen LogP contribution in [0.5, 0.6) is 5.75 Å². The maximum absolute atomic E-state index is 11.4. The highest BCUT2D eigenvalue weighted by Gasteiger charge is 2.20. The van der Waals surface area contributed by atoms with Crippen LogP contribution in [0.25, 0.3) is 11.4 Å². The summed E-state index contributed by atoms with van der Waals surface area (Å²) in [7, 11) is 1.45. The fraction of sp³-hybridized carbons (Fsp3) is 0.154. The van der Waals surface area contributed by atoms with Gasteiger partial charge in [0.05, 0.1) is 7.11 Å². The van der Waals surface area contributed by atoms with E-state index in [0.29, 0.717) is 17.1 Å². The van der Waals surface area contributed by atoms with E-state index in [1.807, 2.05) is 0 Å². The summed E-state index contributed by atoms with van der Waals surface area (Å²) in [5.41, 5.74) is 1.30. The van der Waals surface area contributed by atoms with Crippen LogP contribution in [0.3, 0.4) is 0 Å². The van der Waals surface area contributed by atoms with Crippen molar-refractivity contribution >= 4 is 5.97 Å². The zero-order chi connectivity index (χ0) is 13.1. The van der Waals surface area contributed by atoms with E-state index in [1.165, 1.54) is 7.11 Å². The van der Waals surface area contributed by atoms with Gasteiger partial charge < -0.3 is 9.84 Å². The zero-order valence-electron chi connectivity index (χ0n) is 10.0. The van der Waals surface area contributed by atoms with Gasteiger partial charge in [0.25, 0.3) is 0 Å². The summed E-state index contributed by atoms with van der Waals surface area (Å²) in [6.45, 7) is 1.79. The third-order valence-corrected chi connectivity index (χ3v) is 2.58. The van der Waals surface area contributed by atoms with Gasteiger partial charge in [0, 0.05) is 18.0 Å². The second kappa shape index (κ2) is 4.83. The summed E-state index contributed by atoms with van der Waals surface area (Å²) in [5.74, 6) is -0.348. The largest absolute Gasteiger partial charge is 0.496 e. The third-order valence-electron chi connectivity index (χ3n) is 2.58. The van der Waals surface area contributed by atoms with Crippen LogP contribution in [0.1, 0.15) is 15.9 Å². The molecular formula is C13H12N2O3. The lowest BCUT2D eigenvalue weighted by Crippen LogP contribution is -2.06. The highest BCUT2D eigenvalue weighted by Crippen LogP contribution is 2.31. The van der Waals surface area contributed by atoms with Crippen molar-refractivity contribution in [3.8, 4) is 17.1 Å².